The van der Waals surface area contributed by atoms with Crippen LogP contribution in [0.4, 0.5) is 11.6 Å². The van der Waals surface area contributed by atoms with Crippen molar-refractivity contribution in [2.45, 2.75) is 59.0 Å². The fourth-order valence-corrected chi connectivity index (χ4v) is 1.80. The van der Waals surface area contributed by atoms with Gasteiger partial charge < -0.3 is 15.7 Å². The molecule has 0 aliphatic rings. The third-order valence-electron chi connectivity index (χ3n) is 2.90. The molecule has 5 heteroatoms. The summed E-state index contributed by atoms with van der Waals surface area (Å²) in [5.41, 5.74) is -0.107. The summed E-state index contributed by atoms with van der Waals surface area (Å²) in [6.07, 6.45) is 1.43. The second-order valence-electron chi connectivity index (χ2n) is 6.07. The van der Waals surface area contributed by atoms with Gasteiger partial charge in [0.2, 0.25) is 0 Å². The number of hydrogen-bond acceptors (Lipinski definition) is 5. The molecule has 0 aliphatic heterocycles. The van der Waals surface area contributed by atoms with Gasteiger partial charge in [0.25, 0.3) is 0 Å². The second kappa shape index (κ2) is 7.43. The van der Waals surface area contributed by atoms with Crippen molar-refractivity contribution < 1.29 is 5.11 Å². The van der Waals surface area contributed by atoms with E-state index < -0.39 is 0 Å². The van der Waals surface area contributed by atoms with Crippen LogP contribution in [-0.2, 0) is 5.41 Å². The Hall–Kier alpha value is -1.36. The Balaban J connectivity index is 2.86. The molecule has 20 heavy (non-hydrogen) atoms. The van der Waals surface area contributed by atoms with Gasteiger partial charge in [0, 0.05) is 24.6 Å². The summed E-state index contributed by atoms with van der Waals surface area (Å²) in [5.74, 6) is 2.37. The third kappa shape index (κ3) is 5.33. The summed E-state index contributed by atoms with van der Waals surface area (Å²) in [5, 5.41) is 16.2. The van der Waals surface area contributed by atoms with E-state index in [0.717, 1.165) is 36.8 Å². The normalized spacial score (nSPS) is 13.1. The number of rotatable bonds is 7. The Morgan fingerprint density at radius 1 is 1.15 bits per heavy atom. The molecule has 1 aromatic rings. The molecule has 3 N–H and O–H groups in total. The lowest BCUT2D eigenvalue weighted by Crippen LogP contribution is -2.22. The molecule has 114 valence electrons. The van der Waals surface area contributed by atoms with Crippen molar-refractivity contribution in [3.8, 4) is 0 Å². The number of nitrogens with zero attached hydrogens (tertiary/aromatic N) is 2. The van der Waals surface area contributed by atoms with Crippen molar-refractivity contribution in [2.24, 2.45) is 0 Å². The lowest BCUT2D eigenvalue weighted by molar-refractivity contribution is 0.176. The van der Waals surface area contributed by atoms with Gasteiger partial charge in [-0.3, -0.25) is 0 Å². The summed E-state index contributed by atoms with van der Waals surface area (Å²) in [7, 11) is 0. The number of anilines is 2. The van der Waals surface area contributed by atoms with E-state index in [1.807, 2.05) is 13.0 Å². The maximum Gasteiger partial charge on any atom is 0.138 e. The Kier molecular flexibility index (Phi) is 6.20. The summed E-state index contributed by atoms with van der Waals surface area (Å²) < 4.78 is 0. The van der Waals surface area contributed by atoms with E-state index in [4.69, 9.17) is 0 Å². The minimum atomic E-state index is -0.337. The first-order valence-corrected chi connectivity index (χ1v) is 7.42. The molecule has 1 heterocycles. The van der Waals surface area contributed by atoms with Crippen molar-refractivity contribution in [1.82, 2.24) is 9.97 Å². The topological polar surface area (TPSA) is 70.1 Å². The number of hydrogen-bond donors (Lipinski definition) is 3. The fourth-order valence-electron chi connectivity index (χ4n) is 1.80. The van der Waals surface area contributed by atoms with Crippen molar-refractivity contribution >= 4 is 11.6 Å². The number of aliphatic hydroxyl groups is 1. The molecule has 1 atom stereocenters. The molecule has 1 rings (SSSR count). The molecular formula is C15H28N4O. The molecule has 0 aliphatic carbocycles. The molecule has 0 spiro atoms. The Morgan fingerprint density at radius 2 is 1.75 bits per heavy atom. The van der Waals surface area contributed by atoms with Gasteiger partial charge in [-0.25, -0.2) is 9.97 Å². The van der Waals surface area contributed by atoms with Gasteiger partial charge in [-0.1, -0.05) is 34.1 Å². The van der Waals surface area contributed by atoms with E-state index in [2.05, 4.69) is 48.3 Å². The minimum absolute atomic E-state index is 0.107. The van der Waals surface area contributed by atoms with E-state index >= 15 is 0 Å². The van der Waals surface area contributed by atoms with Crippen LogP contribution in [0.5, 0.6) is 0 Å². The highest BCUT2D eigenvalue weighted by Crippen LogP contribution is 2.22. The summed E-state index contributed by atoms with van der Waals surface area (Å²) in [6, 6.07) is 1.89. The molecular weight excluding hydrogens is 252 g/mol. The molecule has 1 unspecified atom stereocenters. The van der Waals surface area contributed by atoms with Crippen LogP contribution in [0.2, 0.25) is 0 Å². The zero-order valence-corrected chi connectivity index (χ0v) is 13.3. The summed E-state index contributed by atoms with van der Waals surface area (Å²) in [4.78, 5) is 9.08. The maximum absolute atomic E-state index is 9.79. The van der Waals surface area contributed by atoms with Crippen LogP contribution in [0, 0.1) is 0 Å². The van der Waals surface area contributed by atoms with E-state index in [0.29, 0.717) is 6.54 Å². The highest BCUT2D eigenvalue weighted by atomic mass is 16.3. The third-order valence-corrected chi connectivity index (χ3v) is 2.90. The van der Waals surface area contributed by atoms with Gasteiger partial charge in [-0.05, 0) is 13.3 Å². The maximum atomic E-state index is 9.79. The smallest absolute Gasteiger partial charge is 0.138 e. The standard InChI is InChI=1S/C15H28N4O/c1-6-8-11(20)10-17-13-9-12(16-7-2)18-14(19-13)15(3,4)5/h9,11,20H,6-8,10H2,1-5H3,(H2,16,17,18,19). The summed E-state index contributed by atoms with van der Waals surface area (Å²) >= 11 is 0. The van der Waals surface area contributed by atoms with Crippen LogP contribution in [0.15, 0.2) is 6.07 Å². The number of aromatic nitrogens is 2. The predicted octanol–water partition coefficient (Wildman–Crippen LogP) is 2.78. The lowest BCUT2D eigenvalue weighted by atomic mass is 9.96. The van der Waals surface area contributed by atoms with Crippen molar-refractivity contribution in [2.75, 3.05) is 23.7 Å². The monoisotopic (exact) mass is 280 g/mol. The minimum Gasteiger partial charge on any atom is -0.391 e. The van der Waals surface area contributed by atoms with E-state index in [1.54, 1.807) is 0 Å². The number of aliphatic hydroxyl groups excluding tert-OH is 1. The first kappa shape index (κ1) is 16.7. The van der Waals surface area contributed by atoms with Gasteiger partial charge in [0.15, 0.2) is 0 Å². The van der Waals surface area contributed by atoms with Crippen LogP contribution in [0.3, 0.4) is 0 Å². The predicted molar refractivity (Wildman–Crippen MR) is 84.3 cm³/mol. The van der Waals surface area contributed by atoms with E-state index in [1.165, 1.54) is 0 Å². The first-order valence-electron chi connectivity index (χ1n) is 7.42. The van der Waals surface area contributed by atoms with Gasteiger partial charge in [-0.2, -0.15) is 0 Å². The molecule has 0 saturated heterocycles. The van der Waals surface area contributed by atoms with Crippen LogP contribution in [-0.4, -0.2) is 34.3 Å². The Labute approximate surface area is 122 Å². The first-order chi connectivity index (χ1) is 9.36. The van der Waals surface area contributed by atoms with Crippen molar-refractivity contribution in [3.63, 3.8) is 0 Å². The molecule has 5 nitrogen and oxygen atoms in total. The van der Waals surface area contributed by atoms with Gasteiger partial charge >= 0.3 is 0 Å². The van der Waals surface area contributed by atoms with Gasteiger partial charge in [0.05, 0.1) is 6.10 Å². The van der Waals surface area contributed by atoms with Crippen LogP contribution < -0.4 is 10.6 Å². The van der Waals surface area contributed by atoms with Crippen LogP contribution >= 0.6 is 0 Å². The van der Waals surface area contributed by atoms with Crippen LogP contribution in [0.25, 0.3) is 0 Å². The van der Waals surface area contributed by atoms with Gasteiger partial charge in [-0.15, -0.1) is 0 Å². The molecule has 0 saturated carbocycles. The quantitative estimate of drug-likeness (QED) is 0.716. The molecule has 1 aromatic heterocycles. The Bertz CT molecular complexity index is 415. The Morgan fingerprint density at radius 3 is 2.25 bits per heavy atom. The van der Waals surface area contributed by atoms with Crippen molar-refractivity contribution in [1.29, 1.82) is 0 Å². The zero-order chi connectivity index (χ0) is 15.2. The fraction of sp³-hybridized carbons (Fsp3) is 0.733. The van der Waals surface area contributed by atoms with Gasteiger partial charge in [0.1, 0.15) is 17.5 Å². The molecule has 0 radical (unpaired) electrons. The SMILES string of the molecule is CCCC(O)CNc1cc(NCC)nc(C(C)(C)C)n1. The van der Waals surface area contributed by atoms with Crippen molar-refractivity contribution in [3.05, 3.63) is 11.9 Å². The number of nitrogens with one attached hydrogen (secondary N) is 2. The second-order valence-corrected chi connectivity index (χ2v) is 6.07. The van der Waals surface area contributed by atoms with Crippen LogP contribution in [0.1, 0.15) is 53.3 Å². The largest absolute Gasteiger partial charge is 0.391 e. The van der Waals surface area contributed by atoms with E-state index in [-0.39, 0.29) is 11.5 Å². The van der Waals surface area contributed by atoms with E-state index in [9.17, 15) is 5.11 Å². The highest BCUT2D eigenvalue weighted by molar-refractivity contribution is 5.48. The molecule has 0 fully saturated rings. The average Bonchev–Trinajstić information content (AvgIpc) is 2.36. The lowest BCUT2D eigenvalue weighted by Gasteiger charge is -2.19. The average molecular weight is 280 g/mol. The zero-order valence-electron chi connectivity index (χ0n) is 13.3. The molecule has 0 aromatic carbocycles. The molecule has 0 amide bonds. The summed E-state index contributed by atoms with van der Waals surface area (Å²) in [6.45, 7) is 11.7. The highest BCUT2D eigenvalue weighted by Gasteiger charge is 2.19. The molecule has 0 bridgehead atoms.